The molecule has 22 heavy (non-hydrogen) atoms. The van der Waals surface area contributed by atoms with Gasteiger partial charge < -0.3 is 10.2 Å². The maximum Gasteiger partial charge on any atom is 0.280 e. The van der Waals surface area contributed by atoms with Gasteiger partial charge in [0.1, 0.15) is 17.9 Å². The average molecular weight is 306 g/mol. The van der Waals surface area contributed by atoms with Crippen LogP contribution in [0.3, 0.4) is 0 Å². The van der Waals surface area contributed by atoms with Gasteiger partial charge >= 0.3 is 0 Å². The Morgan fingerprint density at radius 2 is 2.00 bits per heavy atom. The highest BCUT2D eigenvalue weighted by atomic mass is 16.1. The normalized spacial score (nSPS) is 15.2. The van der Waals surface area contributed by atoms with Crippen LogP contribution in [-0.2, 0) is 5.54 Å². The monoisotopic (exact) mass is 306 g/mol. The molecule has 0 fully saturated rings. The number of nitrogen functional groups attached to an aromatic ring is 1. The number of nitrogens with two attached hydrogens (primary N) is 2. The van der Waals surface area contributed by atoms with Crippen LogP contribution in [0, 0.1) is 0 Å². The first-order chi connectivity index (χ1) is 10.1. The molecule has 8 nitrogen and oxygen atoms in total. The lowest BCUT2D eigenvalue weighted by atomic mass is 9.93. The summed E-state index contributed by atoms with van der Waals surface area (Å²) in [7, 11) is 2.07. The SMILES string of the molecule is CC(C)[N+](C)(CN)C(C)(C)c1cnc2nc(N)[nH]c(=O)c2n1. The summed E-state index contributed by atoms with van der Waals surface area (Å²) < 4.78 is 0.563. The third-order valence-electron chi connectivity index (χ3n) is 4.86. The molecule has 120 valence electrons. The molecule has 0 amide bonds. The second-order valence-electron chi connectivity index (χ2n) is 6.48. The van der Waals surface area contributed by atoms with E-state index in [9.17, 15) is 4.79 Å². The van der Waals surface area contributed by atoms with Crippen LogP contribution >= 0.6 is 0 Å². The fraction of sp³-hybridized carbons (Fsp3) is 0.571. The van der Waals surface area contributed by atoms with Crippen molar-refractivity contribution in [1.82, 2.24) is 19.9 Å². The highest BCUT2D eigenvalue weighted by molar-refractivity contribution is 5.69. The highest BCUT2D eigenvalue weighted by Crippen LogP contribution is 2.33. The van der Waals surface area contributed by atoms with E-state index in [-0.39, 0.29) is 28.7 Å². The van der Waals surface area contributed by atoms with Gasteiger partial charge in [-0.05, 0) is 27.7 Å². The van der Waals surface area contributed by atoms with E-state index in [0.29, 0.717) is 16.8 Å². The number of aromatic nitrogens is 4. The molecule has 2 rings (SSSR count). The number of hydrogen-bond donors (Lipinski definition) is 3. The summed E-state index contributed by atoms with van der Waals surface area (Å²) in [6.07, 6.45) is 1.64. The predicted octanol–water partition coefficient (Wildman–Crippen LogP) is 0.302. The molecule has 0 saturated heterocycles. The lowest BCUT2D eigenvalue weighted by Crippen LogP contribution is -2.63. The average Bonchev–Trinajstić information content (AvgIpc) is 2.45. The molecule has 0 radical (unpaired) electrons. The van der Waals surface area contributed by atoms with Crippen molar-refractivity contribution in [3.63, 3.8) is 0 Å². The van der Waals surface area contributed by atoms with Gasteiger partial charge in [0.15, 0.2) is 11.2 Å². The van der Waals surface area contributed by atoms with E-state index in [1.54, 1.807) is 6.20 Å². The van der Waals surface area contributed by atoms with Crippen LogP contribution in [0.4, 0.5) is 5.95 Å². The Morgan fingerprint density at radius 3 is 2.55 bits per heavy atom. The summed E-state index contributed by atoms with van der Waals surface area (Å²) in [4.78, 5) is 27.2. The topological polar surface area (TPSA) is 124 Å². The number of hydrogen-bond acceptors (Lipinski definition) is 6. The van der Waals surface area contributed by atoms with E-state index in [4.69, 9.17) is 11.5 Å². The summed E-state index contributed by atoms with van der Waals surface area (Å²) in [5.41, 5.74) is 11.9. The molecule has 0 aromatic carbocycles. The number of H-pyrrole nitrogens is 1. The molecule has 0 saturated carbocycles. The molecule has 1 atom stereocenters. The minimum atomic E-state index is -0.419. The second-order valence-corrected chi connectivity index (χ2v) is 6.48. The van der Waals surface area contributed by atoms with Crippen LogP contribution in [0.1, 0.15) is 33.4 Å². The zero-order chi connectivity index (χ0) is 16.7. The number of quaternary nitrogens is 1. The quantitative estimate of drug-likeness (QED) is 0.551. The minimum Gasteiger partial charge on any atom is -0.369 e. The van der Waals surface area contributed by atoms with Gasteiger partial charge in [0, 0.05) is 0 Å². The zero-order valence-corrected chi connectivity index (χ0v) is 13.7. The van der Waals surface area contributed by atoms with Gasteiger partial charge in [0.2, 0.25) is 5.95 Å². The zero-order valence-electron chi connectivity index (χ0n) is 13.7. The van der Waals surface area contributed by atoms with Gasteiger partial charge in [-0.2, -0.15) is 4.98 Å². The van der Waals surface area contributed by atoms with E-state index in [1.165, 1.54) is 0 Å². The van der Waals surface area contributed by atoms with E-state index in [1.807, 2.05) is 0 Å². The van der Waals surface area contributed by atoms with Crippen LogP contribution in [0.25, 0.3) is 11.2 Å². The van der Waals surface area contributed by atoms with E-state index >= 15 is 0 Å². The number of anilines is 1. The maximum absolute atomic E-state index is 12.0. The van der Waals surface area contributed by atoms with E-state index < -0.39 is 5.54 Å². The van der Waals surface area contributed by atoms with Gasteiger partial charge in [-0.15, -0.1) is 0 Å². The predicted molar refractivity (Wildman–Crippen MR) is 85.8 cm³/mol. The van der Waals surface area contributed by atoms with Crippen LogP contribution in [-0.4, -0.2) is 44.2 Å². The Kier molecular flexibility index (Phi) is 3.92. The van der Waals surface area contributed by atoms with Gasteiger partial charge in [0.25, 0.3) is 5.56 Å². The first-order valence-electron chi connectivity index (χ1n) is 7.22. The van der Waals surface area contributed by atoms with Crippen LogP contribution in [0.15, 0.2) is 11.0 Å². The molecular formula is C14H24N7O+. The number of nitrogens with one attached hydrogen (secondary N) is 1. The first-order valence-corrected chi connectivity index (χ1v) is 7.22. The maximum atomic E-state index is 12.0. The van der Waals surface area contributed by atoms with Gasteiger partial charge in [-0.3, -0.25) is 15.5 Å². The van der Waals surface area contributed by atoms with Crippen molar-refractivity contribution in [2.75, 3.05) is 19.5 Å². The number of rotatable bonds is 4. The summed E-state index contributed by atoms with van der Waals surface area (Å²) in [6, 6.07) is 0.278. The van der Waals surface area contributed by atoms with Gasteiger partial charge in [0.05, 0.1) is 19.3 Å². The Balaban J connectivity index is 2.66. The highest BCUT2D eigenvalue weighted by Gasteiger charge is 2.44. The smallest absolute Gasteiger partial charge is 0.280 e. The van der Waals surface area contributed by atoms with Gasteiger partial charge in [-0.25, -0.2) is 9.97 Å². The molecule has 0 aliphatic rings. The molecule has 0 bridgehead atoms. The number of nitrogens with zero attached hydrogens (tertiary/aromatic N) is 4. The summed E-state index contributed by atoms with van der Waals surface area (Å²) in [5.74, 6) is 0.0311. The molecule has 2 heterocycles. The third kappa shape index (κ3) is 2.34. The van der Waals surface area contributed by atoms with Crippen LogP contribution < -0.4 is 17.0 Å². The van der Waals surface area contributed by atoms with Crippen molar-refractivity contribution in [2.24, 2.45) is 5.73 Å². The summed E-state index contributed by atoms with van der Waals surface area (Å²) >= 11 is 0. The van der Waals surface area contributed by atoms with Crippen molar-refractivity contribution in [3.05, 3.63) is 22.2 Å². The third-order valence-corrected chi connectivity index (χ3v) is 4.86. The largest absolute Gasteiger partial charge is 0.369 e. The lowest BCUT2D eigenvalue weighted by Gasteiger charge is -2.49. The Bertz CT molecular complexity index is 752. The lowest BCUT2D eigenvalue weighted by molar-refractivity contribution is -0.981. The van der Waals surface area contributed by atoms with E-state index in [2.05, 4.69) is 54.7 Å². The first kappa shape index (κ1) is 16.3. The minimum absolute atomic E-state index is 0.0311. The molecule has 0 spiro atoms. The molecule has 0 aliphatic heterocycles. The fourth-order valence-electron chi connectivity index (χ4n) is 2.58. The molecular weight excluding hydrogens is 282 g/mol. The van der Waals surface area contributed by atoms with Crippen molar-refractivity contribution in [3.8, 4) is 0 Å². The standard InChI is InChI=1S/C14H23N7O/c1-8(2)21(5,7-15)14(3,4)9-6-17-11-10(18-9)12(22)20-13(16)19-11/h6,8H,7,15H2,1-5H3,(H2-,16,17,19,20,22)/p+1. The van der Waals surface area contributed by atoms with Crippen molar-refractivity contribution in [2.45, 2.75) is 39.3 Å². The van der Waals surface area contributed by atoms with Crippen molar-refractivity contribution < 1.29 is 4.48 Å². The molecule has 2 aromatic heterocycles. The number of fused-ring (bicyclic) bond motifs is 1. The second kappa shape index (κ2) is 5.29. The van der Waals surface area contributed by atoms with E-state index in [0.717, 1.165) is 0 Å². The fourth-order valence-corrected chi connectivity index (χ4v) is 2.58. The molecule has 8 heteroatoms. The van der Waals surface area contributed by atoms with Crippen LogP contribution in [0.2, 0.25) is 0 Å². The summed E-state index contributed by atoms with van der Waals surface area (Å²) in [6.45, 7) is 8.76. The molecule has 1 unspecified atom stereocenters. The van der Waals surface area contributed by atoms with Gasteiger partial charge in [-0.1, -0.05) is 0 Å². The molecule has 5 N–H and O–H groups in total. The van der Waals surface area contributed by atoms with Crippen molar-refractivity contribution in [1.29, 1.82) is 0 Å². The Labute approximate surface area is 129 Å². The Morgan fingerprint density at radius 1 is 1.36 bits per heavy atom. The number of aromatic amines is 1. The Hall–Kier alpha value is -2.06. The summed E-state index contributed by atoms with van der Waals surface area (Å²) in [5, 5.41) is 0. The van der Waals surface area contributed by atoms with Crippen molar-refractivity contribution >= 4 is 17.1 Å². The molecule has 2 aromatic rings. The molecule has 0 aliphatic carbocycles. The van der Waals surface area contributed by atoms with Crippen LogP contribution in [0.5, 0.6) is 0 Å².